The maximum absolute atomic E-state index is 13.4. The summed E-state index contributed by atoms with van der Waals surface area (Å²) in [6, 6.07) is 9.57. The number of carboxylic acid groups (broad SMARTS) is 1. The van der Waals surface area contributed by atoms with Crippen LogP contribution in [0.5, 0.6) is 0 Å². The molecule has 0 radical (unpaired) electrons. The predicted molar refractivity (Wildman–Crippen MR) is 104 cm³/mol. The van der Waals surface area contributed by atoms with Crippen LogP contribution in [0.15, 0.2) is 30.3 Å². The average Bonchev–Trinajstić information content (AvgIpc) is 2.65. The Morgan fingerprint density at radius 3 is 2.52 bits per heavy atom. The van der Waals surface area contributed by atoms with Crippen LogP contribution in [0.3, 0.4) is 0 Å². The van der Waals surface area contributed by atoms with Gasteiger partial charge in [-0.15, -0.1) is 0 Å². The fraction of sp³-hybridized carbons (Fsp3) is 0.600. The molecule has 150 valence electrons. The summed E-state index contributed by atoms with van der Waals surface area (Å²) in [5, 5.41) is 8.92. The van der Waals surface area contributed by atoms with Gasteiger partial charge in [-0.05, 0) is 25.7 Å². The maximum Gasteiger partial charge on any atom is 0.317 e. The number of morpholine rings is 1. The Kier molecular flexibility index (Phi) is 8.22. The molecule has 1 N–H and O–H groups in total. The van der Waals surface area contributed by atoms with E-state index in [0.717, 1.165) is 18.7 Å². The van der Waals surface area contributed by atoms with Crippen LogP contribution in [-0.2, 0) is 14.3 Å². The van der Waals surface area contributed by atoms with Crippen molar-refractivity contribution in [2.24, 2.45) is 0 Å². The van der Waals surface area contributed by atoms with Crippen LogP contribution < -0.4 is 0 Å². The van der Waals surface area contributed by atoms with Crippen molar-refractivity contribution in [3.63, 3.8) is 0 Å². The zero-order chi connectivity index (χ0) is 19.8. The van der Waals surface area contributed by atoms with Crippen molar-refractivity contribution in [2.75, 3.05) is 52.9 Å². The molecule has 2 rings (SSSR count). The summed E-state index contributed by atoms with van der Waals surface area (Å²) < 4.78 is 5.77. The van der Waals surface area contributed by atoms with Crippen LogP contribution in [0.1, 0.15) is 25.5 Å². The molecule has 0 aliphatic carbocycles. The molecule has 1 heterocycles. The molecule has 0 bridgehead atoms. The number of carbonyl (C=O) groups is 2. The lowest BCUT2D eigenvalue weighted by molar-refractivity contribution is -0.146. The van der Waals surface area contributed by atoms with Gasteiger partial charge in [0.1, 0.15) is 6.04 Å². The van der Waals surface area contributed by atoms with Crippen molar-refractivity contribution < 1.29 is 19.4 Å². The molecule has 2 atom stereocenters. The fourth-order valence-corrected chi connectivity index (χ4v) is 3.58. The van der Waals surface area contributed by atoms with Crippen molar-refractivity contribution >= 4 is 11.9 Å². The van der Waals surface area contributed by atoms with E-state index in [1.54, 1.807) is 11.9 Å². The van der Waals surface area contributed by atoms with E-state index in [2.05, 4.69) is 18.7 Å². The molecule has 7 heteroatoms. The molecule has 1 aliphatic heterocycles. The van der Waals surface area contributed by atoms with Crippen LogP contribution in [0, 0.1) is 0 Å². The lowest BCUT2D eigenvalue weighted by Crippen LogP contribution is -2.52. The van der Waals surface area contributed by atoms with E-state index in [1.165, 1.54) is 0 Å². The summed E-state index contributed by atoms with van der Waals surface area (Å²) in [6.07, 6.45) is -0.180. The van der Waals surface area contributed by atoms with Gasteiger partial charge in [0.05, 0.1) is 19.3 Å². The van der Waals surface area contributed by atoms with Gasteiger partial charge in [-0.25, -0.2) is 0 Å². The van der Waals surface area contributed by atoms with E-state index in [9.17, 15) is 9.59 Å². The average molecular weight is 377 g/mol. The number of amides is 1. The molecule has 7 nitrogen and oxygen atoms in total. The Labute approximate surface area is 161 Å². The first-order valence-corrected chi connectivity index (χ1v) is 9.55. The second kappa shape index (κ2) is 10.4. The molecule has 1 fully saturated rings. The van der Waals surface area contributed by atoms with Crippen LogP contribution in [0.25, 0.3) is 0 Å². The van der Waals surface area contributed by atoms with Crippen molar-refractivity contribution in [1.29, 1.82) is 0 Å². The molecule has 1 aromatic carbocycles. The zero-order valence-electron chi connectivity index (χ0n) is 16.5. The summed E-state index contributed by atoms with van der Waals surface area (Å²) in [6.45, 7) is 7.66. The first kappa shape index (κ1) is 21.3. The highest BCUT2D eigenvalue weighted by Crippen LogP contribution is 2.24. The number of aliphatic carboxylic acids is 1. The van der Waals surface area contributed by atoms with E-state index in [-0.39, 0.29) is 24.6 Å². The summed E-state index contributed by atoms with van der Waals surface area (Å²) in [7, 11) is 1.75. The Morgan fingerprint density at radius 2 is 1.93 bits per heavy atom. The number of hydrogen-bond donors (Lipinski definition) is 1. The van der Waals surface area contributed by atoms with Gasteiger partial charge in [-0.3, -0.25) is 19.4 Å². The zero-order valence-corrected chi connectivity index (χ0v) is 16.5. The molecule has 1 aliphatic rings. The summed E-state index contributed by atoms with van der Waals surface area (Å²) in [4.78, 5) is 30.0. The Hall–Kier alpha value is -1.96. The van der Waals surface area contributed by atoms with E-state index in [4.69, 9.17) is 9.84 Å². The SMILES string of the molecule is CCN(CC)C(C(=O)N1CCOC(CN(C)CC(=O)O)C1)c1ccccc1. The van der Waals surface area contributed by atoms with Crippen molar-refractivity contribution in [3.05, 3.63) is 35.9 Å². The molecule has 0 spiro atoms. The van der Waals surface area contributed by atoms with Crippen LogP contribution in [0.2, 0.25) is 0 Å². The molecule has 1 saturated heterocycles. The summed E-state index contributed by atoms with van der Waals surface area (Å²) >= 11 is 0. The Bertz CT molecular complexity index is 607. The first-order chi connectivity index (χ1) is 13.0. The number of nitrogens with zero attached hydrogens (tertiary/aromatic N) is 3. The first-order valence-electron chi connectivity index (χ1n) is 9.55. The minimum atomic E-state index is -0.869. The van der Waals surface area contributed by atoms with E-state index in [1.807, 2.05) is 35.2 Å². The number of benzene rings is 1. The van der Waals surface area contributed by atoms with Gasteiger partial charge in [0, 0.05) is 19.6 Å². The quantitative estimate of drug-likeness (QED) is 0.700. The highest BCUT2D eigenvalue weighted by atomic mass is 16.5. The van der Waals surface area contributed by atoms with Gasteiger partial charge in [0.25, 0.3) is 0 Å². The minimum absolute atomic E-state index is 0.0418. The molecule has 27 heavy (non-hydrogen) atoms. The Balaban J connectivity index is 2.11. The topological polar surface area (TPSA) is 73.3 Å². The second-order valence-corrected chi connectivity index (χ2v) is 6.90. The molecule has 1 amide bonds. The lowest BCUT2D eigenvalue weighted by atomic mass is 10.0. The van der Waals surface area contributed by atoms with Crippen LogP contribution in [-0.4, -0.2) is 90.7 Å². The number of carbonyl (C=O) groups excluding carboxylic acids is 1. The van der Waals surface area contributed by atoms with Crippen LogP contribution >= 0.6 is 0 Å². The third kappa shape index (κ3) is 6.02. The smallest absolute Gasteiger partial charge is 0.317 e. The number of likely N-dealkylation sites (N-methyl/N-ethyl adjacent to an activating group) is 2. The summed E-state index contributed by atoms with van der Waals surface area (Å²) in [5.41, 5.74) is 0.997. The van der Waals surface area contributed by atoms with Gasteiger partial charge in [0.15, 0.2) is 0 Å². The fourth-order valence-electron chi connectivity index (χ4n) is 3.58. The van der Waals surface area contributed by atoms with Crippen LogP contribution in [0.4, 0.5) is 0 Å². The van der Waals surface area contributed by atoms with E-state index in [0.29, 0.717) is 26.2 Å². The van der Waals surface area contributed by atoms with Crippen molar-refractivity contribution in [1.82, 2.24) is 14.7 Å². The minimum Gasteiger partial charge on any atom is -0.480 e. The van der Waals surface area contributed by atoms with E-state index >= 15 is 0 Å². The number of rotatable bonds is 9. The predicted octanol–water partition coefficient (Wildman–Crippen LogP) is 1.31. The Morgan fingerprint density at radius 1 is 1.26 bits per heavy atom. The third-order valence-electron chi connectivity index (χ3n) is 4.90. The van der Waals surface area contributed by atoms with E-state index < -0.39 is 5.97 Å². The highest BCUT2D eigenvalue weighted by molar-refractivity contribution is 5.83. The third-order valence-corrected chi connectivity index (χ3v) is 4.90. The number of ether oxygens (including phenoxy) is 1. The van der Waals surface area contributed by atoms with Crippen molar-refractivity contribution in [3.8, 4) is 0 Å². The van der Waals surface area contributed by atoms with Crippen molar-refractivity contribution in [2.45, 2.75) is 26.0 Å². The number of hydrogen-bond acceptors (Lipinski definition) is 5. The summed E-state index contributed by atoms with van der Waals surface area (Å²) in [5.74, 6) is -0.786. The normalized spacial score (nSPS) is 18.7. The number of carboxylic acids is 1. The monoisotopic (exact) mass is 377 g/mol. The molecule has 2 unspecified atom stereocenters. The molecule has 1 aromatic rings. The maximum atomic E-state index is 13.4. The standard InChI is InChI=1S/C20H31N3O4/c1-4-22(5-2)19(16-9-7-6-8-10-16)20(26)23-11-12-27-17(14-23)13-21(3)15-18(24)25/h6-10,17,19H,4-5,11-15H2,1-3H3,(H,24,25). The molecular weight excluding hydrogens is 346 g/mol. The van der Waals surface area contributed by atoms with Gasteiger partial charge < -0.3 is 14.7 Å². The van der Waals surface area contributed by atoms with Gasteiger partial charge >= 0.3 is 5.97 Å². The largest absolute Gasteiger partial charge is 0.480 e. The van der Waals surface area contributed by atoms with Gasteiger partial charge in [0.2, 0.25) is 5.91 Å². The molecule has 0 aromatic heterocycles. The molecular formula is C20H31N3O4. The van der Waals surface area contributed by atoms with Gasteiger partial charge in [-0.1, -0.05) is 44.2 Å². The second-order valence-electron chi connectivity index (χ2n) is 6.90. The molecule has 0 saturated carbocycles. The lowest BCUT2D eigenvalue weighted by Gasteiger charge is -2.38. The highest BCUT2D eigenvalue weighted by Gasteiger charge is 2.33. The van der Waals surface area contributed by atoms with Gasteiger partial charge in [-0.2, -0.15) is 0 Å².